The normalized spacial score (nSPS) is 24.9. The minimum absolute atomic E-state index is 0.0840. The van der Waals surface area contributed by atoms with Gasteiger partial charge in [0.25, 0.3) is 0 Å². The summed E-state index contributed by atoms with van der Waals surface area (Å²) >= 11 is 0. The molecule has 1 rings (SSSR count). The number of carbonyl (C=O) groups is 1. The molecule has 1 saturated heterocycles. The summed E-state index contributed by atoms with van der Waals surface area (Å²) in [5.41, 5.74) is -0.280. The van der Waals surface area contributed by atoms with Crippen molar-refractivity contribution in [2.45, 2.75) is 45.6 Å². The van der Waals surface area contributed by atoms with Crippen LogP contribution in [0.5, 0.6) is 0 Å². The summed E-state index contributed by atoms with van der Waals surface area (Å²) < 4.78 is 5.08. The average molecular weight is 242 g/mol. The van der Waals surface area contributed by atoms with Crippen molar-refractivity contribution in [1.29, 1.82) is 0 Å². The van der Waals surface area contributed by atoms with E-state index in [0.29, 0.717) is 6.54 Å². The van der Waals surface area contributed by atoms with Gasteiger partial charge in [-0.15, -0.1) is 0 Å². The summed E-state index contributed by atoms with van der Waals surface area (Å²) in [5, 5.41) is 6.33. The lowest BCUT2D eigenvalue weighted by Gasteiger charge is -2.28. The Morgan fingerprint density at radius 2 is 2.24 bits per heavy atom. The molecule has 0 aromatic rings. The molecule has 0 aliphatic carbocycles. The van der Waals surface area contributed by atoms with E-state index in [4.69, 9.17) is 4.74 Å². The molecule has 1 heterocycles. The van der Waals surface area contributed by atoms with Crippen LogP contribution in [-0.4, -0.2) is 38.3 Å². The van der Waals surface area contributed by atoms with E-state index in [0.717, 1.165) is 32.4 Å². The van der Waals surface area contributed by atoms with Crippen LogP contribution in [0, 0.1) is 5.41 Å². The predicted molar refractivity (Wildman–Crippen MR) is 68.9 cm³/mol. The Balaban J connectivity index is 2.36. The summed E-state index contributed by atoms with van der Waals surface area (Å²) in [6.45, 7) is 8.66. The van der Waals surface area contributed by atoms with Crippen LogP contribution < -0.4 is 10.6 Å². The van der Waals surface area contributed by atoms with Gasteiger partial charge in [0.2, 0.25) is 5.91 Å². The minimum atomic E-state index is -0.364. The molecule has 1 aliphatic rings. The maximum atomic E-state index is 12.1. The molecule has 2 N–H and O–H groups in total. The Labute approximate surface area is 104 Å². The van der Waals surface area contributed by atoms with Crippen LogP contribution in [0.4, 0.5) is 0 Å². The lowest BCUT2D eigenvalue weighted by molar-refractivity contribution is -0.127. The Morgan fingerprint density at radius 3 is 2.76 bits per heavy atom. The first-order valence-corrected chi connectivity index (χ1v) is 6.42. The third kappa shape index (κ3) is 4.28. The van der Waals surface area contributed by atoms with Gasteiger partial charge in [0.05, 0.1) is 5.54 Å². The molecule has 1 amide bonds. The molecule has 0 radical (unpaired) electrons. The molecule has 1 unspecified atom stereocenters. The fraction of sp³-hybridized carbons (Fsp3) is 0.923. The second-order valence-corrected chi connectivity index (χ2v) is 5.95. The minimum Gasteiger partial charge on any atom is -0.385 e. The molecule has 0 saturated carbocycles. The summed E-state index contributed by atoms with van der Waals surface area (Å²) in [5.74, 6) is 0.125. The molecule has 0 bridgehead atoms. The van der Waals surface area contributed by atoms with Crippen molar-refractivity contribution in [3.8, 4) is 0 Å². The second-order valence-electron chi connectivity index (χ2n) is 5.95. The maximum absolute atomic E-state index is 12.1. The number of amides is 1. The Morgan fingerprint density at radius 1 is 1.53 bits per heavy atom. The Bertz CT molecular complexity index is 258. The molecular formula is C13H26N2O2. The summed E-state index contributed by atoms with van der Waals surface area (Å²) in [6, 6.07) is 0. The van der Waals surface area contributed by atoms with Gasteiger partial charge < -0.3 is 15.4 Å². The van der Waals surface area contributed by atoms with Crippen LogP contribution in [0.3, 0.4) is 0 Å². The first-order valence-electron chi connectivity index (χ1n) is 6.42. The molecule has 4 heteroatoms. The number of carbonyl (C=O) groups excluding carboxylic acids is 1. The zero-order valence-electron chi connectivity index (χ0n) is 11.6. The number of methoxy groups -OCH3 is 1. The number of hydrogen-bond acceptors (Lipinski definition) is 3. The van der Waals surface area contributed by atoms with Crippen LogP contribution in [0.2, 0.25) is 0 Å². The smallest absolute Gasteiger partial charge is 0.240 e. The summed E-state index contributed by atoms with van der Waals surface area (Å²) in [7, 11) is 1.71. The molecule has 17 heavy (non-hydrogen) atoms. The van der Waals surface area contributed by atoms with E-state index in [-0.39, 0.29) is 16.9 Å². The highest BCUT2D eigenvalue weighted by Gasteiger charge is 2.36. The fourth-order valence-corrected chi connectivity index (χ4v) is 2.07. The Kier molecular flexibility index (Phi) is 4.95. The highest BCUT2D eigenvalue weighted by Crippen LogP contribution is 2.21. The van der Waals surface area contributed by atoms with Gasteiger partial charge in [-0.3, -0.25) is 4.79 Å². The van der Waals surface area contributed by atoms with Crippen molar-refractivity contribution in [3.05, 3.63) is 0 Å². The van der Waals surface area contributed by atoms with Crippen molar-refractivity contribution in [1.82, 2.24) is 10.6 Å². The monoisotopic (exact) mass is 242 g/mol. The lowest BCUT2D eigenvalue weighted by Crippen LogP contribution is -2.52. The van der Waals surface area contributed by atoms with Crippen LogP contribution in [0.25, 0.3) is 0 Å². The molecule has 0 aromatic heterocycles. The van der Waals surface area contributed by atoms with Gasteiger partial charge in [-0.05, 0) is 38.1 Å². The molecule has 1 atom stereocenters. The third-order valence-corrected chi connectivity index (χ3v) is 3.58. The van der Waals surface area contributed by atoms with E-state index < -0.39 is 0 Å². The highest BCUT2D eigenvalue weighted by molar-refractivity contribution is 5.86. The van der Waals surface area contributed by atoms with Crippen molar-refractivity contribution >= 4 is 5.91 Å². The average Bonchev–Trinajstić information content (AvgIpc) is 2.72. The second kappa shape index (κ2) is 5.83. The molecule has 1 aliphatic heterocycles. The van der Waals surface area contributed by atoms with E-state index in [1.54, 1.807) is 7.11 Å². The zero-order valence-corrected chi connectivity index (χ0v) is 11.6. The van der Waals surface area contributed by atoms with Crippen LogP contribution in [0.1, 0.15) is 40.0 Å². The standard InChI is InChI=1S/C13H26N2O2/c1-12(2,7-9-17-4)10-14-11(16)13(3)6-5-8-15-13/h15H,5-10H2,1-4H3,(H,14,16). The lowest BCUT2D eigenvalue weighted by atomic mass is 9.89. The number of ether oxygens (including phenoxy) is 1. The summed E-state index contributed by atoms with van der Waals surface area (Å²) in [6.07, 6.45) is 2.96. The van der Waals surface area contributed by atoms with Gasteiger partial charge in [-0.2, -0.15) is 0 Å². The Hall–Kier alpha value is -0.610. The van der Waals surface area contributed by atoms with Gasteiger partial charge >= 0.3 is 0 Å². The van der Waals surface area contributed by atoms with Crippen molar-refractivity contribution in [2.75, 3.05) is 26.8 Å². The first-order chi connectivity index (χ1) is 7.90. The topological polar surface area (TPSA) is 50.4 Å². The molecule has 4 nitrogen and oxygen atoms in total. The van der Waals surface area contributed by atoms with Gasteiger partial charge in [-0.25, -0.2) is 0 Å². The zero-order chi connectivity index (χ0) is 12.9. The predicted octanol–water partition coefficient (Wildman–Crippen LogP) is 1.31. The fourth-order valence-electron chi connectivity index (χ4n) is 2.07. The number of rotatable bonds is 6. The van der Waals surface area contributed by atoms with E-state index >= 15 is 0 Å². The van der Waals surface area contributed by atoms with E-state index in [2.05, 4.69) is 24.5 Å². The molecule has 100 valence electrons. The third-order valence-electron chi connectivity index (χ3n) is 3.58. The largest absolute Gasteiger partial charge is 0.385 e. The van der Waals surface area contributed by atoms with E-state index in [1.165, 1.54) is 0 Å². The molecule has 0 spiro atoms. The number of nitrogens with one attached hydrogen (secondary N) is 2. The van der Waals surface area contributed by atoms with E-state index in [1.807, 2.05) is 6.92 Å². The van der Waals surface area contributed by atoms with Gasteiger partial charge in [0, 0.05) is 20.3 Å². The molecular weight excluding hydrogens is 216 g/mol. The first kappa shape index (κ1) is 14.5. The summed E-state index contributed by atoms with van der Waals surface area (Å²) in [4.78, 5) is 12.1. The van der Waals surface area contributed by atoms with E-state index in [9.17, 15) is 4.79 Å². The van der Waals surface area contributed by atoms with Crippen molar-refractivity contribution in [2.24, 2.45) is 5.41 Å². The highest BCUT2D eigenvalue weighted by atomic mass is 16.5. The van der Waals surface area contributed by atoms with Gasteiger partial charge in [0.1, 0.15) is 0 Å². The number of hydrogen-bond donors (Lipinski definition) is 2. The van der Waals surface area contributed by atoms with Crippen molar-refractivity contribution < 1.29 is 9.53 Å². The molecule has 1 fully saturated rings. The molecule has 0 aromatic carbocycles. The van der Waals surface area contributed by atoms with Crippen LogP contribution in [0.15, 0.2) is 0 Å². The van der Waals surface area contributed by atoms with Crippen LogP contribution in [-0.2, 0) is 9.53 Å². The van der Waals surface area contributed by atoms with Gasteiger partial charge in [0.15, 0.2) is 0 Å². The van der Waals surface area contributed by atoms with Crippen molar-refractivity contribution in [3.63, 3.8) is 0 Å². The SMILES string of the molecule is COCCC(C)(C)CNC(=O)C1(C)CCCN1. The van der Waals surface area contributed by atoms with Crippen LogP contribution >= 0.6 is 0 Å². The van der Waals surface area contributed by atoms with Gasteiger partial charge in [-0.1, -0.05) is 13.8 Å². The quantitative estimate of drug-likeness (QED) is 0.738. The maximum Gasteiger partial charge on any atom is 0.240 e.